The number of carbonyl (C=O) groups is 1. The van der Waals surface area contributed by atoms with Crippen molar-refractivity contribution in [3.8, 4) is 0 Å². The van der Waals surface area contributed by atoms with E-state index in [0.717, 1.165) is 19.3 Å². The summed E-state index contributed by atoms with van der Waals surface area (Å²) in [5.41, 5.74) is 0.0972. The van der Waals surface area contributed by atoms with Crippen LogP contribution in [0.15, 0.2) is 17.2 Å². The second-order valence-electron chi connectivity index (χ2n) is 4.70. The Morgan fingerprint density at radius 1 is 1.25 bits per heavy atom. The standard InChI is InChI=1S/C13H22N2O4S/c1-2-3-4-5-6-7-8-19-13(16)12-9-11(10-15-12)20(14,17)18/h9-10,15H,2-8H2,1H3,(H2,14,17,18). The summed E-state index contributed by atoms with van der Waals surface area (Å²) in [5.74, 6) is -0.562. The van der Waals surface area contributed by atoms with E-state index in [1.54, 1.807) is 0 Å². The number of ether oxygens (including phenoxy) is 1. The quantitative estimate of drug-likeness (QED) is 0.539. The van der Waals surface area contributed by atoms with Crippen LogP contribution in [-0.2, 0) is 14.8 Å². The van der Waals surface area contributed by atoms with Gasteiger partial charge < -0.3 is 9.72 Å². The third kappa shape index (κ3) is 5.75. The van der Waals surface area contributed by atoms with Crippen molar-refractivity contribution in [3.05, 3.63) is 18.0 Å². The highest BCUT2D eigenvalue weighted by atomic mass is 32.2. The first-order chi connectivity index (χ1) is 9.45. The molecule has 0 aromatic carbocycles. The van der Waals surface area contributed by atoms with Crippen LogP contribution in [-0.4, -0.2) is 26.0 Å². The maximum Gasteiger partial charge on any atom is 0.354 e. The normalized spacial score (nSPS) is 11.5. The number of hydrogen-bond acceptors (Lipinski definition) is 4. The summed E-state index contributed by atoms with van der Waals surface area (Å²) < 4.78 is 27.2. The first-order valence-corrected chi connectivity index (χ1v) is 8.38. The van der Waals surface area contributed by atoms with Gasteiger partial charge in [-0.25, -0.2) is 18.4 Å². The van der Waals surface area contributed by atoms with Crippen LogP contribution < -0.4 is 5.14 Å². The Morgan fingerprint density at radius 2 is 1.90 bits per heavy atom. The molecule has 1 rings (SSSR count). The molecular weight excluding hydrogens is 280 g/mol. The molecule has 0 bridgehead atoms. The first kappa shape index (κ1) is 16.7. The van der Waals surface area contributed by atoms with Crippen LogP contribution in [0.3, 0.4) is 0 Å². The van der Waals surface area contributed by atoms with Gasteiger partial charge in [0.2, 0.25) is 10.0 Å². The van der Waals surface area contributed by atoms with Gasteiger partial charge >= 0.3 is 5.97 Å². The van der Waals surface area contributed by atoms with Crippen molar-refractivity contribution < 1.29 is 17.9 Å². The predicted molar refractivity (Wildman–Crippen MR) is 75.8 cm³/mol. The van der Waals surface area contributed by atoms with Gasteiger partial charge in [-0.3, -0.25) is 0 Å². The zero-order chi connectivity index (χ0) is 15.0. The number of nitrogens with two attached hydrogens (primary N) is 1. The second kappa shape index (κ2) is 8.06. The number of esters is 1. The van der Waals surface area contributed by atoms with Gasteiger partial charge in [0.25, 0.3) is 0 Å². The molecule has 0 amide bonds. The SMILES string of the molecule is CCCCCCCCOC(=O)c1cc(S(N)(=O)=O)c[nH]1. The van der Waals surface area contributed by atoms with Gasteiger partial charge in [-0.2, -0.15) is 0 Å². The lowest BCUT2D eigenvalue weighted by Crippen LogP contribution is -2.11. The molecule has 0 spiro atoms. The molecule has 0 fully saturated rings. The largest absolute Gasteiger partial charge is 0.461 e. The molecular formula is C13H22N2O4S. The van der Waals surface area contributed by atoms with Gasteiger partial charge in [-0.1, -0.05) is 39.0 Å². The molecule has 3 N–H and O–H groups in total. The van der Waals surface area contributed by atoms with Crippen molar-refractivity contribution in [2.45, 2.75) is 50.3 Å². The summed E-state index contributed by atoms with van der Waals surface area (Å²) in [6.45, 7) is 2.50. The highest BCUT2D eigenvalue weighted by Crippen LogP contribution is 2.10. The van der Waals surface area contributed by atoms with Crippen LogP contribution in [0, 0.1) is 0 Å². The van der Waals surface area contributed by atoms with E-state index in [9.17, 15) is 13.2 Å². The number of aromatic nitrogens is 1. The van der Waals surface area contributed by atoms with Crippen LogP contribution in [0.2, 0.25) is 0 Å². The number of carbonyl (C=O) groups excluding carboxylic acids is 1. The fraction of sp³-hybridized carbons (Fsp3) is 0.615. The summed E-state index contributed by atoms with van der Waals surface area (Å²) in [7, 11) is -3.79. The molecule has 0 saturated carbocycles. The van der Waals surface area contributed by atoms with E-state index in [1.165, 1.54) is 31.5 Å². The maximum absolute atomic E-state index is 11.6. The van der Waals surface area contributed by atoms with Crippen molar-refractivity contribution in [3.63, 3.8) is 0 Å². The molecule has 1 aromatic rings. The Bertz CT molecular complexity index is 522. The summed E-state index contributed by atoms with van der Waals surface area (Å²) in [4.78, 5) is 14.1. The van der Waals surface area contributed by atoms with E-state index in [4.69, 9.17) is 9.88 Å². The topological polar surface area (TPSA) is 102 Å². The monoisotopic (exact) mass is 302 g/mol. The molecule has 0 saturated heterocycles. The number of nitrogens with one attached hydrogen (secondary N) is 1. The van der Waals surface area contributed by atoms with Gasteiger partial charge in [0.15, 0.2) is 0 Å². The molecule has 20 heavy (non-hydrogen) atoms. The average molecular weight is 302 g/mol. The fourth-order valence-corrected chi connectivity index (χ4v) is 2.29. The number of rotatable bonds is 9. The number of aromatic amines is 1. The molecule has 0 aliphatic heterocycles. The molecule has 1 heterocycles. The van der Waals surface area contributed by atoms with E-state index in [0.29, 0.717) is 6.61 Å². The smallest absolute Gasteiger partial charge is 0.354 e. The summed E-state index contributed by atoms with van der Waals surface area (Å²) in [6, 6.07) is 1.18. The van der Waals surface area contributed by atoms with Crippen molar-refractivity contribution >= 4 is 16.0 Å². The fourth-order valence-electron chi connectivity index (χ4n) is 1.78. The molecule has 0 unspecified atom stereocenters. The molecule has 6 nitrogen and oxygen atoms in total. The lowest BCUT2D eigenvalue weighted by Gasteiger charge is -2.03. The number of sulfonamides is 1. The molecule has 7 heteroatoms. The lowest BCUT2D eigenvalue weighted by atomic mass is 10.1. The molecule has 0 aliphatic carbocycles. The molecule has 0 atom stereocenters. The number of hydrogen-bond donors (Lipinski definition) is 2. The minimum Gasteiger partial charge on any atom is -0.461 e. The Hall–Kier alpha value is -1.34. The Balaban J connectivity index is 2.28. The van der Waals surface area contributed by atoms with Gasteiger partial charge in [-0.05, 0) is 12.5 Å². The first-order valence-electron chi connectivity index (χ1n) is 6.83. The van der Waals surface area contributed by atoms with Crippen molar-refractivity contribution in [1.82, 2.24) is 4.98 Å². The van der Waals surface area contributed by atoms with E-state index in [1.807, 2.05) is 0 Å². The van der Waals surface area contributed by atoms with Gasteiger partial charge in [0, 0.05) is 6.20 Å². The van der Waals surface area contributed by atoms with Crippen LogP contribution in [0.25, 0.3) is 0 Å². The lowest BCUT2D eigenvalue weighted by molar-refractivity contribution is 0.0491. The minimum absolute atomic E-state index is 0.0972. The molecule has 0 aliphatic rings. The van der Waals surface area contributed by atoms with E-state index >= 15 is 0 Å². The minimum atomic E-state index is -3.79. The van der Waals surface area contributed by atoms with Gasteiger partial charge in [0.05, 0.1) is 6.61 Å². The molecule has 1 aromatic heterocycles. The highest BCUT2D eigenvalue weighted by molar-refractivity contribution is 7.89. The highest BCUT2D eigenvalue weighted by Gasteiger charge is 2.15. The molecule has 114 valence electrons. The maximum atomic E-state index is 11.6. The number of primary sulfonamides is 1. The Labute approximate surface area is 119 Å². The summed E-state index contributed by atoms with van der Waals surface area (Å²) in [6.07, 6.45) is 7.81. The van der Waals surface area contributed by atoms with Crippen molar-refractivity contribution in [1.29, 1.82) is 0 Å². The van der Waals surface area contributed by atoms with Crippen LogP contribution >= 0.6 is 0 Å². The van der Waals surface area contributed by atoms with Gasteiger partial charge in [-0.15, -0.1) is 0 Å². The number of unbranched alkanes of at least 4 members (excludes halogenated alkanes) is 5. The van der Waals surface area contributed by atoms with E-state index in [2.05, 4.69) is 11.9 Å². The van der Waals surface area contributed by atoms with Crippen molar-refractivity contribution in [2.75, 3.05) is 6.61 Å². The van der Waals surface area contributed by atoms with Gasteiger partial charge in [0.1, 0.15) is 10.6 Å². The zero-order valence-electron chi connectivity index (χ0n) is 11.7. The Morgan fingerprint density at radius 3 is 2.50 bits per heavy atom. The van der Waals surface area contributed by atoms with Crippen LogP contribution in [0.4, 0.5) is 0 Å². The summed E-state index contributed by atoms with van der Waals surface area (Å²) >= 11 is 0. The summed E-state index contributed by atoms with van der Waals surface area (Å²) in [5, 5.41) is 4.95. The predicted octanol–water partition coefficient (Wildman–Crippen LogP) is 2.18. The number of H-pyrrole nitrogens is 1. The third-order valence-electron chi connectivity index (χ3n) is 2.94. The van der Waals surface area contributed by atoms with Crippen molar-refractivity contribution in [2.24, 2.45) is 5.14 Å². The van der Waals surface area contributed by atoms with E-state index < -0.39 is 16.0 Å². The Kier molecular flexibility index (Phi) is 6.74. The van der Waals surface area contributed by atoms with Crippen LogP contribution in [0.1, 0.15) is 55.9 Å². The van der Waals surface area contributed by atoms with Crippen LogP contribution in [0.5, 0.6) is 0 Å². The molecule has 0 radical (unpaired) electrons. The average Bonchev–Trinajstić information content (AvgIpc) is 2.87. The third-order valence-corrected chi connectivity index (χ3v) is 3.83. The van der Waals surface area contributed by atoms with E-state index in [-0.39, 0.29) is 10.6 Å². The zero-order valence-corrected chi connectivity index (χ0v) is 12.5. The second-order valence-corrected chi connectivity index (χ2v) is 6.26.